The van der Waals surface area contributed by atoms with Crippen LogP contribution in [0.3, 0.4) is 0 Å². The van der Waals surface area contributed by atoms with Crippen molar-refractivity contribution in [1.82, 2.24) is 4.90 Å². The van der Waals surface area contributed by atoms with E-state index in [0.717, 1.165) is 12.3 Å². The molecule has 0 radical (unpaired) electrons. The van der Waals surface area contributed by atoms with Crippen LogP contribution < -0.4 is 10.5 Å². The maximum atomic E-state index is 5.62. The summed E-state index contributed by atoms with van der Waals surface area (Å²) in [5.74, 6) is 0.929. The van der Waals surface area contributed by atoms with Gasteiger partial charge in [-0.25, -0.2) is 0 Å². The number of nitrogens with two attached hydrogens (primary N) is 1. The number of ether oxygens (including phenoxy) is 1. The number of hydrogen-bond donors (Lipinski definition) is 1. The number of rotatable bonds is 4. The molecule has 1 aromatic rings. The predicted octanol–water partition coefficient (Wildman–Crippen LogP) is 2.34. The van der Waals surface area contributed by atoms with Gasteiger partial charge in [0.05, 0.1) is 7.11 Å². The molecule has 0 amide bonds. The van der Waals surface area contributed by atoms with Crippen LogP contribution in [-0.2, 0) is 12.0 Å². The zero-order chi connectivity index (χ0) is 13.1. The molecular formula is C14H24N2O. The van der Waals surface area contributed by atoms with Crippen molar-refractivity contribution in [2.24, 2.45) is 5.73 Å². The van der Waals surface area contributed by atoms with Crippen LogP contribution in [0.25, 0.3) is 0 Å². The third-order valence-electron chi connectivity index (χ3n) is 2.90. The summed E-state index contributed by atoms with van der Waals surface area (Å²) in [6.45, 7) is 7.99. The number of benzene rings is 1. The minimum absolute atomic E-state index is 0.155. The third-order valence-corrected chi connectivity index (χ3v) is 2.90. The van der Waals surface area contributed by atoms with E-state index >= 15 is 0 Å². The van der Waals surface area contributed by atoms with E-state index in [4.69, 9.17) is 10.5 Å². The van der Waals surface area contributed by atoms with E-state index in [1.807, 2.05) is 13.1 Å². The SMILES string of the molecule is COc1ccc(C(C)(C)C)cc1CN(C)CN. The molecule has 3 nitrogen and oxygen atoms in total. The van der Waals surface area contributed by atoms with Gasteiger partial charge in [-0.1, -0.05) is 32.9 Å². The van der Waals surface area contributed by atoms with Crippen LogP contribution >= 0.6 is 0 Å². The van der Waals surface area contributed by atoms with Crippen LogP contribution in [0.1, 0.15) is 31.9 Å². The molecule has 0 aliphatic rings. The molecule has 0 saturated heterocycles. The Morgan fingerprint density at radius 3 is 2.41 bits per heavy atom. The van der Waals surface area contributed by atoms with Crippen LogP contribution in [0.2, 0.25) is 0 Å². The lowest BCUT2D eigenvalue weighted by atomic mass is 9.86. The van der Waals surface area contributed by atoms with Crippen LogP contribution in [0.5, 0.6) is 5.75 Å². The Bertz CT molecular complexity index is 369. The predicted molar refractivity (Wildman–Crippen MR) is 72.2 cm³/mol. The van der Waals surface area contributed by atoms with Crippen molar-refractivity contribution in [3.8, 4) is 5.75 Å². The monoisotopic (exact) mass is 236 g/mol. The lowest BCUT2D eigenvalue weighted by molar-refractivity contribution is 0.325. The standard InChI is InChI=1S/C14H24N2O/c1-14(2,3)12-6-7-13(17-5)11(8-12)9-16(4)10-15/h6-8H,9-10,15H2,1-5H3. The Morgan fingerprint density at radius 2 is 1.94 bits per heavy atom. The van der Waals surface area contributed by atoms with E-state index in [1.54, 1.807) is 7.11 Å². The fourth-order valence-corrected chi connectivity index (χ4v) is 1.72. The molecule has 0 unspecified atom stereocenters. The maximum absolute atomic E-state index is 5.62. The highest BCUT2D eigenvalue weighted by Crippen LogP contribution is 2.28. The molecule has 0 atom stereocenters. The minimum atomic E-state index is 0.155. The first-order valence-electron chi connectivity index (χ1n) is 5.94. The summed E-state index contributed by atoms with van der Waals surface area (Å²) in [5.41, 5.74) is 8.28. The zero-order valence-electron chi connectivity index (χ0n) is 11.6. The molecule has 0 aliphatic heterocycles. The van der Waals surface area contributed by atoms with E-state index in [2.05, 4.69) is 37.8 Å². The highest BCUT2D eigenvalue weighted by molar-refractivity contribution is 5.39. The van der Waals surface area contributed by atoms with E-state index in [9.17, 15) is 0 Å². The second-order valence-corrected chi connectivity index (χ2v) is 5.47. The first-order chi connectivity index (χ1) is 7.88. The van der Waals surface area contributed by atoms with Crippen molar-refractivity contribution < 1.29 is 4.74 Å². The highest BCUT2D eigenvalue weighted by Gasteiger charge is 2.16. The molecule has 17 heavy (non-hydrogen) atoms. The van der Waals surface area contributed by atoms with Crippen LogP contribution in [0.4, 0.5) is 0 Å². The van der Waals surface area contributed by atoms with Crippen LogP contribution in [0, 0.1) is 0 Å². The summed E-state index contributed by atoms with van der Waals surface area (Å²) in [5, 5.41) is 0. The summed E-state index contributed by atoms with van der Waals surface area (Å²) in [6, 6.07) is 6.38. The lowest BCUT2D eigenvalue weighted by Gasteiger charge is -2.22. The average Bonchev–Trinajstić information content (AvgIpc) is 2.27. The summed E-state index contributed by atoms with van der Waals surface area (Å²) >= 11 is 0. The average molecular weight is 236 g/mol. The van der Waals surface area contributed by atoms with Gasteiger partial charge in [-0.3, -0.25) is 4.90 Å². The molecule has 0 heterocycles. The fourth-order valence-electron chi connectivity index (χ4n) is 1.72. The van der Waals surface area contributed by atoms with E-state index in [1.165, 1.54) is 11.1 Å². The second-order valence-electron chi connectivity index (χ2n) is 5.47. The fraction of sp³-hybridized carbons (Fsp3) is 0.571. The Balaban J connectivity index is 3.07. The molecule has 0 aliphatic carbocycles. The minimum Gasteiger partial charge on any atom is -0.496 e. The normalized spacial score (nSPS) is 11.9. The summed E-state index contributed by atoms with van der Waals surface area (Å²) in [4.78, 5) is 2.06. The van der Waals surface area contributed by atoms with Gasteiger partial charge in [0.1, 0.15) is 5.75 Å². The topological polar surface area (TPSA) is 38.5 Å². The summed E-state index contributed by atoms with van der Waals surface area (Å²) < 4.78 is 5.39. The Kier molecular flexibility index (Phi) is 4.54. The molecule has 2 N–H and O–H groups in total. The van der Waals surface area contributed by atoms with Gasteiger partial charge in [0.25, 0.3) is 0 Å². The number of methoxy groups -OCH3 is 1. The molecule has 0 fully saturated rings. The number of hydrogen-bond acceptors (Lipinski definition) is 3. The molecule has 0 bridgehead atoms. The van der Waals surface area contributed by atoms with Crippen molar-refractivity contribution in [3.63, 3.8) is 0 Å². The van der Waals surface area contributed by atoms with Gasteiger partial charge in [-0.05, 0) is 24.1 Å². The third kappa shape index (κ3) is 3.72. The van der Waals surface area contributed by atoms with Crippen molar-refractivity contribution in [2.75, 3.05) is 20.8 Å². The Hall–Kier alpha value is -1.06. The van der Waals surface area contributed by atoms with Gasteiger partial charge in [-0.15, -0.1) is 0 Å². The molecule has 96 valence electrons. The van der Waals surface area contributed by atoms with Gasteiger partial charge >= 0.3 is 0 Å². The van der Waals surface area contributed by atoms with Gasteiger partial charge in [-0.2, -0.15) is 0 Å². The van der Waals surface area contributed by atoms with Crippen molar-refractivity contribution in [3.05, 3.63) is 29.3 Å². The maximum Gasteiger partial charge on any atom is 0.123 e. The smallest absolute Gasteiger partial charge is 0.123 e. The van der Waals surface area contributed by atoms with Gasteiger partial charge in [0, 0.05) is 18.8 Å². The van der Waals surface area contributed by atoms with Crippen molar-refractivity contribution in [2.45, 2.75) is 32.7 Å². The highest BCUT2D eigenvalue weighted by atomic mass is 16.5. The molecule has 0 aromatic heterocycles. The van der Waals surface area contributed by atoms with E-state index < -0.39 is 0 Å². The van der Waals surface area contributed by atoms with Gasteiger partial charge < -0.3 is 10.5 Å². The number of nitrogens with zero attached hydrogens (tertiary/aromatic N) is 1. The van der Waals surface area contributed by atoms with Gasteiger partial charge in [0.2, 0.25) is 0 Å². The molecular weight excluding hydrogens is 212 g/mol. The second kappa shape index (κ2) is 5.52. The molecule has 0 saturated carbocycles. The molecule has 0 spiro atoms. The first kappa shape index (κ1) is 14.0. The van der Waals surface area contributed by atoms with E-state index in [-0.39, 0.29) is 5.41 Å². The first-order valence-corrected chi connectivity index (χ1v) is 5.94. The lowest BCUT2D eigenvalue weighted by Crippen LogP contribution is -2.25. The molecule has 1 rings (SSSR count). The van der Waals surface area contributed by atoms with Crippen molar-refractivity contribution >= 4 is 0 Å². The van der Waals surface area contributed by atoms with Crippen molar-refractivity contribution in [1.29, 1.82) is 0 Å². The van der Waals surface area contributed by atoms with Crippen LogP contribution in [-0.4, -0.2) is 25.7 Å². The largest absolute Gasteiger partial charge is 0.496 e. The molecule has 3 heteroatoms. The molecule has 1 aromatic carbocycles. The Morgan fingerprint density at radius 1 is 1.29 bits per heavy atom. The Labute approximate surface area is 105 Å². The summed E-state index contributed by atoms with van der Waals surface area (Å²) in [6.07, 6.45) is 0. The quantitative estimate of drug-likeness (QED) is 0.816. The van der Waals surface area contributed by atoms with Crippen LogP contribution in [0.15, 0.2) is 18.2 Å². The van der Waals surface area contributed by atoms with E-state index in [0.29, 0.717) is 6.67 Å². The zero-order valence-corrected chi connectivity index (χ0v) is 11.6. The van der Waals surface area contributed by atoms with Gasteiger partial charge in [0.15, 0.2) is 0 Å². The summed E-state index contributed by atoms with van der Waals surface area (Å²) in [7, 11) is 3.71.